The molecule has 55 valence electrons. The van der Waals surface area contributed by atoms with Gasteiger partial charge in [0.05, 0.1) is 6.10 Å². The molecule has 1 nitrogen and oxygen atoms in total. The molecule has 0 amide bonds. The standard InChI is InChI=1S/C8H17O/c1-3-5-6-7-8(9)4-2/h8-9H,2-7H2,1H3/t8-/m1/s1. The lowest BCUT2D eigenvalue weighted by Crippen LogP contribution is -2.03. The summed E-state index contributed by atoms with van der Waals surface area (Å²) in [6.45, 7) is 5.78. The summed E-state index contributed by atoms with van der Waals surface area (Å²) in [7, 11) is 0. The Morgan fingerprint density at radius 2 is 2.11 bits per heavy atom. The Balaban J connectivity index is 2.88. The molecule has 0 aromatic heterocycles. The van der Waals surface area contributed by atoms with Crippen LogP contribution in [0.25, 0.3) is 0 Å². The van der Waals surface area contributed by atoms with Crippen molar-refractivity contribution in [3.63, 3.8) is 0 Å². The van der Waals surface area contributed by atoms with E-state index < -0.39 is 0 Å². The number of unbranched alkanes of at least 4 members (excludes halogenated alkanes) is 2. The Labute approximate surface area is 58.1 Å². The zero-order valence-electron chi connectivity index (χ0n) is 6.27. The fourth-order valence-corrected chi connectivity index (χ4v) is 0.774. The fraction of sp³-hybridized carbons (Fsp3) is 0.875. The van der Waals surface area contributed by atoms with E-state index in [1.807, 2.05) is 0 Å². The lowest BCUT2D eigenvalue weighted by Gasteiger charge is -2.04. The Bertz CT molecular complexity index is 52.5. The summed E-state index contributed by atoms with van der Waals surface area (Å²) in [5.74, 6) is 0. The third kappa shape index (κ3) is 5.84. The molecule has 0 saturated carbocycles. The molecule has 1 atom stereocenters. The second-order valence-electron chi connectivity index (χ2n) is 2.44. The summed E-state index contributed by atoms with van der Waals surface area (Å²) in [4.78, 5) is 0. The number of hydrogen-bond donors (Lipinski definition) is 1. The Kier molecular flexibility index (Phi) is 6.06. The molecule has 0 fully saturated rings. The average Bonchev–Trinajstić information content (AvgIpc) is 1.89. The van der Waals surface area contributed by atoms with Crippen LogP contribution in [0, 0.1) is 6.92 Å². The van der Waals surface area contributed by atoms with Gasteiger partial charge in [-0.2, -0.15) is 0 Å². The highest BCUT2D eigenvalue weighted by atomic mass is 16.3. The van der Waals surface area contributed by atoms with Gasteiger partial charge in [-0.05, 0) is 12.8 Å². The van der Waals surface area contributed by atoms with Gasteiger partial charge >= 0.3 is 0 Å². The fourth-order valence-electron chi connectivity index (χ4n) is 0.774. The summed E-state index contributed by atoms with van der Waals surface area (Å²) in [6, 6.07) is 0. The highest BCUT2D eigenvalue weighted by Gasteiger charge is 1.97. The van der Waals surface area contributed by atoms with Gasteiger partial charge < -0.3 is 5.11 Å². The minimum atomic E-state index is -0.156. The van der Waals surface area contributed by atoms with Crippen molar-refractivity contribution >= 4 is 0 Å². The van der Waals surface area contributed by atoms with Gasteiger partial charge in [0.2, 0.25) is 0 Å². The van der Waals surface area contributed by atoms with E-state index in [-0.39, 0.29) is 6.10 Å². The number of rotatable bonds is 5. The van der Waals surface area contributed by atoms with E-state index in [0.29, 0.717) is 6.42 Å². The van der Waals surface area contributed by atoms with Crippen LogP contribution in [0.15, 0.2) is 0 Å². The van der Waals surface area contributed by atoms with Crippen molar-refractivity contribution in [3.8, 4) is 0 Å². The molecule has 0 aromatic rings. The minimum absolute atomic E-state index is 0.156. The van der Waals surface area contributed by atoms with Gasteiger partial charge in [0.1, 0.15) is 0 Å². The SMILES string of the molecule is [CH2]C[C@@H](O)CCCCC. The second-order valence-corrected chi connectivity index (χ2v) is 2.44. The first kappa shape index (κ1) is 8.96. The van der Waals surface area contributed by atoms with Crippen LogP contribution in [-0.4, -0.2) is 11.2 Å². The summed E-state index contributed by atoms with van der Waals surface area (Å²) >= 11 is 0. The molecule has 1 heteroatoms. The topological polar surface area (TPSA) is 20.2 Å². The van der Waals surface area contributed by atoms with Crippen LogP contribution < -0.4 is 0 Å². The van der Waals surface area contributed by atoms with Crippen LogP contribution in [0.5, 0.6) is 0 Å². The van der Waals surface area contributed by atoms with Crippen LogP contribution >= 0.6 is 0 Å². The van der Waals surface area contributed by atoms with Crippen LogP contribution in [0.2, 0.25) is 0 Å². The van der Waals surface area contributed by atoms with E-state index in [4.69, 9.17) is 5.11 Å². The maximum absolute atomic E-state index is 9.02. The van der Waals surface area contributed by atoms with E-state index in [2.05, 4.69) is 13.8 Å². The molecule has 0 aliphatic carbocycles. The molecule has 0 rings (SSSR count). The monoisotopic (exact) mass is 129 g/mol. The lowest BCUT2D eigenvalue weighted by molar-refractivity contribution is 0.163. The molecule has 0 aromatic carbocycles. The highest BCUT2D eigenvalue weighted by Crippen LogP contribution is 2.04. The summed E-state index contributed by atoms with van der Waals surface area (Å²) in [6.07, 6.45) is 5.03. The van der Waals surface area contributed by atoms with Gasteiger partial charge in [0, 0.05) is 0 Å². The average molecular weight is 129 g/mol. The predicted molar refractivity (Wildman–Crippen MR) is 40.1 cm³/mol. The van der Waals surface area contributed by atoms with E-state index in [1.165, 1.54) is 12.8 Å². The third-order valence-corrected chi connectivity index (χ3v) is 1.47. The van der Waals surface area contributed by atoms with Crippen molar-refractivity contribution < 1.29 is 5.11 Å². The third-order valence-electron chi connectivity index (χ3n) is 1.47. The lowest BCUT2D eigenvalue weighted by atomic mass is 10.1. The maximum atomic E-state index is 9.02. The number of hydrogen-bond acceptors (Lipinski definition) is 1. The van der Waals surface area contributed by atoms with Crippen molar-refractivity contribution in [1.29, 1.82) is 0 Å². The number of aliphatic hydroxyl groups excluding tert-OH is 1. The van der Waals surface area contributed by atoms with Crippen LogP contribution in [0.1, 0.15) is 39.0 Å². The minimum Gasteiger partial charge on any atom is -0.393 e. The van der Waals surface area contributed by atoms with Gasteiger partial charge in [-0.1, -0.05) is 33.1 Å². The normalized spacial score (nSPS) is 13.7. The predicted octanol–water partition coefficient (Wildman–Crippen LogP) is 2.15. The molecule has 0 saturated heterocycles. The molecular weight excluding hydrogens is 112 g/mol. The molecule has 0 spiro atoms. The quantitative estimate of drug-likeness (QED) is 0.564. The van der Waals surface area contributed by atoms with Gasteiger partial charge in [-0.15, -0.1) is 0 Å². The van der Waals surface area contributed by atoms with E-state index >= 15 is 0 Å². The van der Waals surface area contributed by atoms with Crippen LogP contribution in [-0.2, 0) is 0 Å². The van der Waals surface area contributed by atoms with Crippen molar-refractivity contribution in [2.45, 2.75) is 45.1 Å². The summed E-state index contributed by atoms with van der Waals surface area (Å²) < 4.78 is 0. The second kappa shape index (κ2) is 6.09. The van der Waals surface area contributed by atoms with Gasteiger partial charge in [-0.25, -0.2) is 0 Å². The highest BCUT2D eigenvalue weighted by molar-refractivity contribution is 4.55. The van der Waals surface area contributed by atoms with Gasteiger partial charge in [0.25, 0.3) is 0 Å². The molecule has 0 aliphatic heterocycles. The van der Waals surface area contributed by atoms with Crippen molar-refractivity contribution in [2.75, 3.05) is 0 Å². The Morgan fingerprint density at radius 1 is 1.44 bits per heavy atom. The van der Waals surface area contributed by atoms with E-state index in [1.54, 1.807) is 0 Å². The van der Waals surface area contributed by atoms with Gasteiger partial charge in [0.15, 0.2) is 0 Å². The molecule has 0 bridgehead atoms. The first-order valence-corrected chi connectivity index (χ1v) is 3.78. The molecule has 1 radical (unpaired) electrons. The summed E-state index contributed by atoms with van der Waals surface area (Å²) in [5.41, 5.74) is 0. The molecule has 0 aliphatic rings. The Morgan fingerprint density at radius 3 is 2.56 bits per heavy atom. The van der Waals surface area contributed by atoms with Crippen molar-refractivity contribution in [2.24, 2.45) is 0 Å². The molecule has 1 N–H and O–H groups in total. The van der Waals surface area contributed by atoms with Crippen LogP contribution in [0.3, 0.4) is 0 Å². The molecule has 9 heavy (non-hydrogen) atoms. The largest absolute Gasteiger partial charge is 0.393 e. The first-order chi connectivity index (χ1) is 4.31. The zero-order chi connectivity index (χ0) is 7.11. The van der Waals surface area contributed by atoms with Gasteiger partial charge in [-0.3, -0.25) is 0 Å². The van der Waals surface area contributed by atoms with E-state index in [0.717, 1.165) is 12.8 Å². The molecule has 0 unspecified atom stereocenters. The Hall–Kier alpha value is -0.0400. The van der Waals surface area contributed by atoms with Crippen LogP contribution in [0.4, 0.5) is 0 Å². The smallest absolute Gasteiger partial charge is 0.0540 e. The molecule has 0 heterocycles. The maximum Gasteiger partial charge on any atom is 0.0540 e. The van der Waals surface area contributed by atoms with E-state index in [9.17, 15) is 0 Å². The first-order valence-electron chi connectivity index (χ1n) is 3.78. The summed E-state index contributed by atoms with van der Waals surface area (Å²) in [5, 5.41) is 9.02. The molecular formula is C8H17O. The zero-order valence-corrected chi connectivity index (χ0v) is 6.27. The van der Waals surface area contributed by atoms with Crippen molar-refractivity contribution in [3.05, 3.63) is 6.92 Å². The number of aliphatic hydroxyl groups is 1. The van der Waals surface area contributed by atoms with Crippen molar-refractivity contribution in [1.82, 2.24) is 0 Å².